The van der Waals surface area contributed by atoms with Gasteiger partial charge >= 0.3 is 0 Å². The van der Waals surface area contributed by atoms with Crippen LogP contribution in [0.1, 0.15) is 57.6 Å². The predicted molar refractivity (Wildman–Crippen MR) is 71.1 cm³/mol. The lowest BCUT2D eigenvalue weighted by Gasteiger charge is -2.25. The second-order valence-corrected chi connectivity index (χ2v) is 5.87. The van der Waals surface area contributed by atoms with Gasteiger partial charge in [0.1, 0.15) is 0 Å². The fourth-order valence-electron chi connectivity index (χ4n) is 3.15. The van der Waals surface area contributed by atoms with E-state index < -0.39 is 5.60 Å². The molecular formula is C14H25N3O. The predicted octanol–water partition coefficient (Wildman–Crippen LogP) is 2.47. The average molecular weight is 251 g/mol. The van der Waals surface area contributed by atoms with E-state index in [9.17, 15) is 5.11 Å². The Hall–Kier alpha value is -0.900. The number of hydrogen-bond acceptors (Lipinski definition) is 3. The van der Waals surface area contributed by atoms with E-state index in [4.69, 9.17) is 0 Å². The Morgan fingerprint density at radius 2 is 2.28 bits per heavy atom. The van der Waals surface area contributed by atoms with E-state index in [1.165, 1.54) is 19.3 Å². The first-order valence-corrected chi connectivity index (χ1v) is 7.19. The molecule has 0 aromatic carbocycles. The van der Waals surface area contributed by atoms with Crippen molar-refractivity contribution in [1.29, 1.82) is 0 Å². The molecule has 1 N–H and O–H groups in total. The zero-order chi connectivity index (χ0) is 13.0. The second kappa shape index (κ2) is 5.83. The van der Waals surface area contributed by atoms with Crippen molar-refractivity contribution in [3.05, 3.63) is 11.9 Å². The number of hydrogen-bond donors (Lipinski definition) is 1. The summed E-state index contributed by atoms with van der Waals surface area (Å²) in [6.45, 7) is 2.25. The van der Waals surface area contributed by atoms with E-state index in [1.807, 2.05) is 13.2 Å². The summed E-state index contributed by atoms with van der Waals surface area (Å²) >= 11 is 0. The normalized spacial score (nSPS) is 29.2. The summed E-state index contributed by atoms with van der Waals surface area (Å²) < 4.78 is 1.70. The van der Waals surface area contributed by atoms with Crippen molar-refractivity contribution in [3.8, 4) is 0 Å². The van der Waals surface area contributed by atoms with Crippen LogP contribution in [0.2, 0.25) is 0 Å². The highest BCUT2D eigenvalue weighted by atomic mass is 16.3. The third kappa shape index (κ3) is 3.55. The molecule has 1 aromatic heterocycles. The van der Waals surface area contributed by atoms with Crippen molar-refractivity contribution in [2.24, 2.45) is 13.0 Å². The molecule has 2 rings (SSSR count). The summed E-state index contributed by atoms with van der Waals surface area (Å²) in [6, 6.07) is 0. The van der Waals surface area contributed by atoms with Gasteiger partial charge in [0, 0.05) is 19.7 Å². The minimum atomic E-state index is -0.557. The molecule has 1 heterocycles. The Morgan fingerprint density at radius 1 is 1.44 bits per heavy atom. The van der Waals surface area contributed by atoms with Crippen molar-refractivity contribution in [2.45, 2.75) is 63.9 Å². The molecular weight excluding hydrogens is 226 g/mol. The van der Waals surface area contributed by atoms with Crippen molar-refractivity contribution in [2.75, 3.05) is 0 Å². The standard InChI is InChI=1S/C14H25N3O/c1-3-5-12-6-4-8-14(18,9-7-12)10-13-11-17(2)16-15-13/h11-12,18H,3-10H2,1-2H3. The molecule has 0 bridgehead atoms. The molecule has 0 saturated heterocycles. The number of aromatic nitrogens is 3. The molecule has 4 heteroatoms. The SMILES string of the molecule is CCCC1CCCC(O)(Cc2cn(C)nn2)CC1. The first-order chi connectivity index (χ1) is 8.61. The summed E-state index contributed by atoms with van der Waals surface area (Å²) in [7, 11) is 1.87. The van der Waals surface area contributed by atoms with Gasteiger partial charge < -0.3 is 5.11 Å². The van der Waals surface area contributed by atoms with Crippen molar-refractivity contribution < 1.29 is 5.11 Å². The average Bonchev–Trinajstić information content (AvgIpc) is 2.62. The fourth-order valence-corrected chi connectivity index (χ4v) is 3.15. The second-order valence-electron chi connectivity index (χ2n) is 5.87. The van der Waals surface area contributed by atoms with E-state index in [1.54, 1.807) is 4.68 Å². The molecule has 0 spiro atoms. The third-order valence-corrected chi connectivity index (χ3v) is 4.13. The lowest BCUT2D eigenvalue weighted by atomic mass is 9.88. The Kier molecular flexibility index (Phi) is 4.38. The molecule has 2 atom stereocenters. The molecule has 18 heavy (non-hydrogen) atoms. The maximum atomic E-state index is 10.7. The number of aliphatic hydroxyl groups is 1. The minimum Gasteiger partial charge on any atom is -0.389 e. The first-order valence-electron chi connectivity index (χ1n) is 7.19. The van der Waals surface area contributed by atoms with Crippen LogP contribution in [0.3, 0.4) is 0 Å². The lowest BCUT2D eigenvalue weighted by molar-refractivity contribution is 0.0232. The number of rotatable bonds is 4. The molecule has 102 valence electrons. The number of aryl methyl sites for hydroxylation is 1. The molecule has 1 aromatic rings. The zero-order valence-corrected chi connectivity index (χ0v) is 11.6. The van der Waals surface area contributed by atoms with Crippen molar-refractivity contribution >= 4 is 0 Å². The van der Waals surface area contributed by atoms with Gasteiger partial charge in [-0.15, -0.1) is 5.10 Å². The van der Waals surface area contributed by atoms with Crippen LogP contribution in [0, 0.1) is 5.92 Å². The maximum Gasteiger partial charge on any atom is 0.0855 e. The van der Waals surface area contributed by atoms with E-state index in [0.717, 1.165) is 37.3 Å². The zero-order valence-electron chi connectivity index (χ0n) is 11.6. The third-order valence-electron chi connectivity index (χ3n) is 4.13. The molecule has 0 radical (unpaired) electrons. The van der Waals surface area contributed by atoms with Crippen LogP contribution in [0.4, 0.5) is 0 Å². The molecule has 1 fully saturated rings. The van der Waals surface area contributed by atoms with Gasteiger partial charge in [-0.3, -0.25) is 4.68 Å². The van der Waals surface area contributed by atoms with Crippen LogP contribution in [-0.2, 0) is 13.5 Å². The molecule has 1 aliphatic rings. The highest BCUT2D eigenvalue weighted by molar-refractivity contribution is 5.00. The van der Waals surface area contributed by atoms with Crippen LogP contribution in [0.15, 0.2) is 6.20 Å². The quantitative estimate of drug-likeness (QED) is 0.836. The summed E-state index contributed by atoms with van der Waals surface area (Å²) in [5.41, 5.74) is 0.354. The molecule has 1 aliphatic carbocycles. The maximum absolute atomic E-state index is 10.7. The minimum absolute atomic E-state index is 0.557. The molecule has 0 amide bonds. The first kappa shape index (κ1) is 13.5. The van der Waals surface area contributed by atoms with Gasteiger partial charge in [0.15, 0.2) is 0 Å². The van der Waals surface area contributed by atoms with Gasteiger partial charge in [0.25, 0.3) is 0 Å². The van der Waals surface area contributed by atoms with E-state index in [0.29, 0.717) is 6.42 Å². The van der Waals surface area contributed by atoms with Gasteiger partial charge in [-0.1, -0.05) is 37.8 Å². The van der Waals surface area contributed by atoms with Crippen LogP contribution in [0.25, 0.3) is 0 Å². The molecule has 0 aliphatic heterocycles. The van der Waals surface area contributed by atoms with E-state index in [2.05, 4.69) is 17.2 Å². The Morgan fingerprint density at radius 3 is 2.94 bits per heavy atom. The molecule has 2 unspecified atom stereocenters. The van der Waals surface area contributed by atoms with Gasteiger partial charge in [0.05, 0.1) is 11.3 Å². The lowest BCUT2D eigenvalue weighted by Crippen LogP contribution is -2.30. The van der Waals surface area contributed by atoms with Crippen LogP contribution in [-0.4, -0.2) is 25.7 Å². The van der Waals surface area contributed by atoms with Crippen LogP contribution < -0.4 is 0 Å². The van der Waals surface area contributed by atoms with E-state index >= 15 is 0 Å². The monoisotopic (exact) mass is 251 g/mol. The Bertz CT molecular complexity index is 377. The molecule has 4 nitrogen and oxygen atoms in total. The summed E-state index contributed by atoms with van der Waals surface area (Å²) in [6.07, 6.45) is 10.5. The highest BCUT2D eigenvalue weighted by Gasteiger charge is 2.31. The smallest absolute Gasteiger partial charge is 0.0855 e. The Labute approximate surface area is 109 Å². The topological polar surface area (TPSA) is 50.9 Å². The summed E-state index contributed by atoms with van der Waals surface area (Å²) in [5, 5.41) is 18.8. The largest absolute Gasteiger partial charge is 0.389 e. The summed E-state index contributed by atoms with van der Waals surface area (Å²) in [5.74, 6) is 0.811. The van der Waals surface area contributed by atoms with Crippen LogP contribution >= 0.6 is 0 Å². The fraction of sp³-hybridized carbons (Fsp3) is 0.857. The van der Waals surface area contributed by atoms with E-state index in [-0.39, 0.29) is 0 Å². The van der Waals surface area contributed by atoms with Gasteiger partial charge in [-0.05, 0) is 25.2 Å². The van der Waals surface area contributed by atoms with Crippen molar-refractivity contribution in [1.82, 2.24) is 15.0 Å². The highest BCUT2D eigenvalue weighted by Crippen LogP contribution is 2.34. The number of nitrogens with zero attached hydrogens (tertiary/aromatic N) is 3. The van der Waals surface area contributed by atoms with Crippen molar-refractivity contribution in [3.63, 3.8) is 0 Å². The van der Waals surface area contributed by atoms with Crippen LogP contribution in [0.5, 0.6) is 0 Å². The van der Waals surface area contributed by atoms with Gasteiger partial charge in [0.2, 0.25) is 0 Å². The Balaban J connectivity index is 1.94. The van der Waals surface area contributed by atoms with Gasteiger partial charge in [-0.25, -0.2) is 0 Å². The summed E-state index contributed by atoms with van der Waals surface area (Å²) in [4.78, 5) is 0. The molecule has 1 saturated carbocycles. The van der Waals surface area contributed by atoms with Gasteiger partial charge in [-0.2, -0.15) is 0 Å².